The molecule has 0 aromatic heterocycles. The van der Waals surface area contributed by atoms with E-state index in [2.05, 4.69) is 12.2 Å². The average molecular weight is 171 g/mol. The fraction of sp³-hybridized carbons (Fsp3) is 0.889. The Kier molecular flexibility index (Phi) is 3.53. The van der Waals surface area contributed by atoms with Gasteiger partial charge in [-0.1, -0.05) is 13.8 Å². The summed E-state index contributed by atoms with van der Waals surface area (Å²) in [5.74, 6) is 0.600. The first-order valence-electron chi connectivity index (χ1n) is 4.61. The Labute approximate surface area is 73.5 Å². The van der Waals surface area contributed by atoms with Crippen LogP contribution in [0.4, 0.5) is 0 Å². The molecule has 1 aliphatic rings. The normalized spacial score (nSPS) is 29.8. The van der Waals surface area contributed by atoms with E-state index in [4.69, 9.17) is 4.74 Å². The number of rotatable bonds is 2. The summed E-state index contributed by atoms with van der Waals surface area (Å²) in [5.41, 5.74) is 0. The highest BCUT2D eigenvalue weighted by molar-refractivity contribution is 5.75. The molecule has 0 saturated carbocycles. The highest BCUT2D eigenvalue weighted by Crippen LogP contribution is 2.13. The second kappa shape index (κ2) is 4.45. The predicted molar refractivity (Wildman–Crippen MR) is 46.8 cm³/mol. The fourth-order valence-electron chi connectivity index (χ4n) is 1.40. The second-order valence-corrected chi connectivity index (χ2v) is 3.37. The lowest BCUT2D eigenvalue weighted by atomic mass is 9.98. The van der Waals surface area contributed by atoms with Crippen molar-refractivity contribution in [1.82, 2.24) is 5.32 Å². The van der Waals surface area contributed by atoms with Gasteiger partial charge in [0.25, 0.3) is 0 Å². The molecule has 0 bridgehead atoms. The van der Waals surface area contributed by atoms with Gasteiger partial charge in [-0.3, -0.25) is 4.79 Å². The molecule has 12 heavy (non-hydrogen) atoms. The van der Waals surface area contributed by atoms with Crippen LogP contribution in [-0.2, 0) is 9.53 Å². The zero-order chi connectivity index (χ0) is 8.97. The van der Waals surface area contributed by atoms with Crippen LogP contribution in [0, 0.1) is 5.92 Å². The molecule has 0 radical (unpaired) electrons. The summed E-state index contributed by atoms with van der Waals surface area (Å²) in [4.78, 5) is 11.1. The predicted octanol–water partition coefficient (Wildman–Crippen LogP) is 0.938. The molecule has 1 aliphatic heterocycles. The van der Waals surface area contributed by atoms with Gasteiger partial charge in [0.2, 0.25) is 5.91 Å². The molecule has 1 saturated heterocycles. The lowest BCUT2D eigenvalue weighted by Gasteiger charge is -2.29. The minimum atomic E-state index is 0.147. The van der Waals surface area contributed by atoms with Gasteiger partial charge in [0.05, 0.1) is 6.61 Å². The third-order valence-electron chi connectivity index (χ3n) is 2.31. The van der Waals surface area contributed by atoms with Gasteiger partial charge in [0, 0.05) is 19.1 Å². The molecule has 0 spiro atoms. The SMILES string of the molecule is CCC(=O)NC1CCOCC1C. The van der Waals surface area contributed by atoms with Gasteiger partial charge in [-0.15, -0.1) is 0 Å². The smallest absolute Gasteiger partial charge is 0.219 e. The van der Waals surface area contributed by atoms with Crippen molar-refractivity contribution in [3.05, 3.63) is 0 Å². The topological polar surface area (TPSA) is 38.3 Å². The molecule has 1 fully saturated rings. The average Bonchev–Trinajstić information content (AvgIpc) is 2.09. The maximum Gasteiger partial charge on any atom is 0.219 e. The lowest BCUT2D eigenvalue weighted by molar-refractivity contribution is -0.122. The van der Waals surface area contributed by atoms with E-state index in [0.29, 0.717) is 18.4 Å². The van der Waals surface area contributed by atoms with E-state index in [0.717, 1.165) is 19.6 Å². The van der Waals surface area contributed by atoms with E-state index in [9.17, 15) is 4.79 Å². The van der Waals surface area contributed by atoms with Crippen molar-refractivity contribution >= 4 is 5.91 Å². The maximum atomic E-state index is 11.1. The standard InChI is InChI=1S/C9H17NO2/c1-3-9(11)10-8-4-5-12-6-7(8)2/h7-8H,3-6H2,1-2H3,(H,10,11). The Morgan fingerprint density at radius 3 is 3.00 bits per heavy atom. The molecule has 70 valence electrons. The van der Waals surface area contributed by atoms with E-state index in [-0.39, 0.29) is 5.91 Å². The number of ether oxygens (including phenoxy) is 1. The zero-order valence-electron chi connectivity index (χ0n) is 7.80. The van der Waals surface area contributed by atoms with Crippen LogP contribution >= 0.6 is 0 Å². The summed E-state index contributed by atoms with van der Waals surface area (Å²) in [6.45, 7) is 5.53. The molecule has 0 aromatic rings. The lowest BCUT2D eigenvalue weighted by Crippen LogP contribution is -2.44. The summed E-state index contributed by atoms with van der Waals surface area (Å²) >= 11 is 0. The van der Waals surface area contributed by atoms with E-state index < -0.39 is 0 Å². The number of carbonyl (C=O) groups excluding carboxylic acids is 1. The minimum Gasteiger partial charge on any atom is -0.381 e. The first kappa shape index (κ1) is 9.52. The van der Waals surface area contributed by atoms with Crippen molar-refractivity contribution in [3.63, 3.8) is 0 Å². The van der Waals surface area contributed by atoms with Gasteiger partial charge < -0.3 is 10.1 Å². The second-order valence-electron chi connectivity index (χ2n) is 3.37. The van der Waals surface area contributed by atoms with Gasteiger partial charge in [0.1, 0.15) is 0 Å². The van der Waals surface area contributed by atoms with E-state index >= 15 is 0 Å². The molecule has 3 nitrogen and oxygen atoms in total. The molecule has 0 aromatic carbocycles. The molecule has 3 heteroatoms. The van der Waals surface area contributed by atoms with Gasteiger partial charge in [0.15, 0.2) is 0 Å². The highest BCUT2D eigenvalue weighted by Gasteiger charge is 2.22. The van der Waals surface area contributed by atoms with Crippen molar-refractivity contribution in [3.8, 4) is 0 Å². The Bertz CT molecular complexity index is 159. The van der Waals surface area contributed by atoms with Crippen molar-refractivity contribution < 1.29 is 9.53 Å². The number of carbonyl (C=O) groups is 1. The number of amides is 1. The van der Waals surface area contributed by atoms with Gasteiger partial charge in [-0.05, 0) is 12.3 Å². The van der Waals surface area contributed by atoms with Crippen LogP contribution < -0.4 is 5.32 Å². The van der Waals surface area contributed by atoms with E-state index in [1.807, 2.05) is 6.92 Å². The molecule has 2 unspecified atom stereocenters. The molecule has 1 rings (SSSR count). The van der Waals surface area contributed by atoms with Crippen molar-refractivity contribution in [2.75, 3.05) is 13.2 Å². The van der Waals surface area contributed by atoms with Gasteiger partial charge in [-0.2, -0.15) is 0 Å². The zero-order valence-corrected chi connectivity index (χ0v) is 7.80. The first-order chi connectivity index (χ1) is 5.74. The highest BCUT2D eigenvalue weighted by atomic mass is 16.5. The fourth-order valence-corrected chi connectivity index (χ4v) is 1.40. The summed E-state index contributed by atoms with van der Waals surface area (Å²) in [6.07, 6.45) is 1.52. The van der Waals surface area contributed by atoms with E-state index in [1.54, 1.807) is 0 Å². The van der Waals surface area contributed by atoms with Crippen molar-refractivity contribution in [1.29, 1.82) is 0 Å². The summed E-state index contributed by atoms with van der Waals surface area (Å²) in [5, 5.41) is 3.00. The Morgan fingerprint density at radius 2 is 2.42 bits per heavy atom. The molecule has 2 atom stereocenters. The minimum absolute atomic E-state index is 0.147. The summed E-state index contributed by atoms with van der Waals surface area (Å²) in [7, 11) is 0. The van der Waals surface area contributed by atoms with Crippen LogP contribution in [0.15, 0.2) is 0 Å². The molecule has 1 N–H and O–H groups in total. The third-order valence-corrected chi connectivity index (χ3v) is 2.31. The van der Waals surface area contributed by atoms with Gasteiger partial charge in [-0.25, -0.2) is 0 Å². The molecule has 1 heterocycles. The van der Waals surface area contributed by atoms with Crippen molar-refractivity contribution in [2.45, 2.75) is 32.7 Å². The van der Waals surface area contributed by atoms with Crippen molar-refractivity contribution in [2.24, 2.45) is 5.92 Å². The molecule has 1 amide bonds. The molecular formula is C9H17NO2. The number of hydrogen-bond acceptors (Lipinski definition) is 2. The maximum absolute atomic E-state index is 11.1. The molecular weight excluding hydrogens is 154 g/mol. The van der Waals surface area contributed by atoms with Crippen LogP contribution in [0.2, 0.25) is 0 Å². The molecule has 0 aliphatic carbocycles. The number of nitrogens with one attached hydrogen (secondary N) is 1. The first-order valence-corrected chi connectivity index (χ1v) is 4.61. The monoisotopic (exact) mass is 171 g/mol. The Balaban J connectivity index is 2.33. The van der Waals surface area contributed by atoms with Crippen LogP contribution in [0.5, 0.6) is 0 Å². The largest absolute Gasteiger partial charge is 0.381 e. The van der Waals surface area contributed by atoms with Crippen LogP contribution in [0.1, 0.15) is 26.7 Å². The Hall–Kier alpha value is -0.570. The summed E-state index contributed by atoms with van der Waals surface area (Å²) < 4.78 is 5.28. The van der Waals surface area contributed by atoms with Crippen LogP contribution in [-0.4, -0.2) is 25.2 Å². The van der Waals surface area contributed by atoms with E-state index in [1.165, 1.54) is 0 Å². The quantitative estimate of drug-likeness (QED) is 0.671. The van der Waals surface area contributed by atoms with Crippen LogP contribution in [0.25, 0.3) is 0 Å². The van der Waals surface area contributed by atoms with Gasteiger partial charge >= 0.3 is 0 Å². The van der Waals surface area contributed by atoms with Crippen LogP contribution in [0.3, 0.4) is 0 Å². The number of hydrogen-bond donors (Lipinski definition) is 1. The third kappa shape index (κ3) is 2.48. The summed E-state index contributed by atoms with van der Waals surface area (Å²) in [6, 6.07) is 0.325. The Morgan fingerprint density at radius 1 is 1.67 bits per heavy atom.